The van der Waals surface area contributed by atoms with Gasteiger partial charge in [0.2, 0.25) is 0 Å². The molecular formula is C18H29N3O2. The topological polar surface area (TPSA) is 54.5 Å². The van der Waals surface area contributed by atoms with Crippen molar-refractivity contribution < 1.29 is 9.53 Å². The predicted octanol–water partition coefficient (Wildman–Crippen LogP) is 3.52. The Morgan fingerprint density at radius 3 is 2.87 bits per heavy atom. The first-order valence-corrected chi connectivity index (χ1v) is 8.41. The quantitative estimate of drug-likeness (QED) is 0.926. The molecule has 1 aliphatic heterocycles. The van der Waals surface area contributed by atoms with Gasteiger partial charge in [0, 0.05) is 37.2 Å². The molecule has 5 nitrogen and oxygen atoms in total. The smallest absolute Gasteiger partial charge is 0.407 e. The lowest BCUT2D eigenvalue weighted by atomic mass is 9.91. The maximum Gasteiger partial charge on any atom is 0.407 e. The standard InChI is InChI=1S/C18H29N3O2/c1-13-11-19-9-8-16(13)21-10-6-7-15(12-21)14(2)20-17(22)23-18(3,4)5/h8-9,11,14-15H,6-7,10,12H2,1-5H3,(H,20,22)/t14-,15-/m1/s1. The molecule has 2 rings (SSSR count). The van der Waals surface area contributed by atoms with Crippen LogP contribution < -0.4 is 10.2 Å². The zero-order valence-electron chi connectivity index (χ0n) is 14.9. The van der Waals surface area contributed by atoms with Gasteiger partial charge in [0.1, 0.15) is 5.60 Å². The number of amides is 1. The summed E-state index contributed by atoms with van der Waals surface area (Å²) in [6, 6.07) is 2.17. The number of piperidine rings is 1. The van der Waals surface area contributed by atoms with Crippen LogP contribution in [0.4, 0.5) is 10.5 Å². The zero-order chi connectivity index (χ0) is 17.0. The van der Waals surface area contributed by atoms with Crippen LogP contribution in [0.5, 0.6) is 0 Å². The number of carbonyl (C=O) groups is 1. The third-order valence-electron chi connectivity index (χ3n) is 4.24. The molecule has 1 N–H and O–H groups in total. The largest absolute Gasteiger partial charge is 0.444 e. The fraction of sp³-hybridized carbons (Fsp3) is 0.667. The van der Waals surface area contributed by atoms with Crippen LogP contribution in [0, 0.1) is 12.8 Å². The van der Waals surface area contributed by atoms with Crippen LogP contribution in [0.25, 0.3) is 0 Å². The van der Waals surface area contributed by atoms with Crippen LogP contribution in [-0.4, -0.2) is 35.8 Å². The molecule has 0 aliphatic carbocycles. The third kappa shape index (κ3) is 5.12. The molecular weight excluding hydrogens is 290 g/mol. The number of nitrogens with zero attached hydrogens (tertiary/aromatic N) is 2. The van der Waals surface area contributed by atoms with Gasteiger partial charge in [-0.2, -0.15) is 0 Å². The summed E-state index contributed by atoms with van der Waals surface area (Å²) in [4.78, 5) is 18.5. The summed E-state index contributed by atoms with van der Waals surface area (Å²) < 4.78 is 5.36. The van der Waals surface area contributed by atoms with Gasteiger partial charge in [0.05, 0.1) is 0 Å². The Morgan fingerprint density at radius 2 is 2.22 bits per heavy atom. The molecule has 1 saturated heterocycles. The molecule has 1 aromatic rings. The summed E-state index contributed by atoms with van der Waals surface area (Å²) in [6.45, 7) is 11.8. The van der Waals surface area contributed by atoms with E-state index in [9.17, 15) is 4.79 Å². The number of aryl methyl sites for hydroxylation is 1. The number of hydrogen-bond donors (Lipinski definition) is 1. The van der Waals surface area contributed by atoms with E-state index in [1.54, 1.807) is 0 Å². The number of carbonyl (C=O) groups excluding carboxylic acids is 1. The Bertz CT molecular complexity index is 539. The van der Waals surface area contributed by atoms with E-state index < -0.39 is 5.60 Å². The van der Waals surface area contributed by atoms with Crippen molar-refractivity contribution >= 4 is 11.8 Å². The number of anilines is 1. The van der Waals surface area contributed by atoms with Gasteiger partial charge >= 0.3 is 6.09 Å². The highest BCUT2D eigenvalue weighted by atomic mass is 16.6. The molecule has 0 radical (unpaired) electrons. The molecule has 0 bridgehead atoms. The first-order chi connectivity index (χ1) is 10.8. The minimum Gasteiger partial charge on any atom is -0.444 e. The molecule has 0 unspecified atom stereocenters. The number of pyridine rings is 1. The zero-order valence-corrected chi connectivity index (χ0v) is 14.9. The lowest BCUT2D eigenvalue weighted by Gasteiger charge is -2.38. The number of nitrogens with one attached hydrogen (secondary N) is 1. The molecule has 0 saturated carbocycles. The second kappa shape index (κ2) is 7.20. The predicted molar refractivity (Wildman–Crippen MR) is 92.7 cm³/mol. The first-order valence-electron chi connectivity index (χ1n) is 8.41. The molecule has 0 aromatic carbocycles. The van der Waals surface area contributed by atoms with E-state index in [1.165, 1.54) is 11.3 Å². The number of hydrogen-bond acceptors (Lipinski definition) is 4. The lowest BCUT2D eigenvalue weighted by Crippen LogP contribution is -2.47. The summed E-state index contributed by atoms with van der Waals surface area (Å²) >= 11 is 0. The molecule has 1 amide bonds. The summed E-state index contributed by atoms with van der Waals surface area (Å²) in [5.74, 6) is 0.420. The van der Waals surface area contributed by atoms with Crippen LogP contribution in [0.15, 0.2) is 18.5 Å². The molecule has 2 heterocycles. The average molecular weight is 319 g/mol. The Labute approximate surface area is 139 Å². The molecule has 1 aromatic heterocycles. The minimum absolute atomic E-state index is 0.0924. The van der Waals surface area contributed by atoms with Crippen molar-refractivity contribution in [2.75, 3.05) is 18.0 Å². The molecule has 128 valence electrons. The van der Waals surface area contributed by atoms with E-state index >= 15 is 0 Å². The second-order valence-electron chi connectivity index (χ2n) is 7.45. The molecule has 5 heteroatoms. The van der Waals surface area contributed by atoms with E-state index in [0.29, 0.717) is 5.92 Å². The van der Waals surface area contributed by atoms with Gasteiger partial charge in [-0.1, -0.05) is 0 Å². The van der Waals surface area contributed by atoms with Gasteiger partial charge in [-0.15, -0.1) is 0 Å². The number of aromatic nitrogens is 1. The van der Waals surface area contributed by atoms with Crippen molar-refractivity contribution in [2.45, 2.75) is 59.1 Å². The van der Waals surface area contributed by atoms with Crippen LogP contribution in [-0.2, 0) is 4.74 Å². The van der Waals surface area contributed by atoms with Gasteiger partial charge in [0.15, 0.2) is 0 Å². The minimum atomic E-state index is -0.462. The van der Waals surface area contributed by atoms with Gasteiger partial charge in [-0.05, 0) is 65.0 Å². The van der Waals surface area contributed by atoms with Crippen LogP contribution in [0.2, 0.25) is 0 Å². The second-order valence-corrected chi connectivity index (χ2v) is 7.45. The van der Waals surface area contributed by atoms with Crippen molar-refractivity contribution in [3.63, 3.8) is 0 Å². The fourth-order valence-electron chi connectivity index (χ4n) is 3.07. The molecule has 0 spiro atoms. The van der Waals surface area contributed by atoms with Crippen molar-refractivity contribution in [2.24, 2.45) is 5.92 Å². The van der Waals surface area contributed by atoms with E-state index in [2.05, 4.69) is 35.1 Å². The van der Waals surface area contributed by atoms with Gasteiger partial charge in [-0.3, -0.25) is 4.98 Å². The highest BCUT2D eigenvalue weighted by Crippen LogP contribution is 2.27. The Morgan fingerprint density at radius 1 is 1.48 bits per heavy atom. The van der Waals surface area contributed by atoms with Crippen LogP contribution >= 0.6 is 0 Å². The van der Waals surface area contributed by atoms with E-state index in [0.717, 1.165) is 25.9 Å². The summed E-state index contributed by atoms with van der Waals surface area (Å²) in [5.41, 5.74) is 1.98. The number of rotatable bonds is 3. The van der Waals surface area contributed by atoms with Gasteiger partial charge < -0.3 is 15.0 Å². The molecule has 1 fully saturated rings. The molecule has 2 atom stereocenters. The van der Waals surface area contributed by atoms with Crippen molar-refractivity contribution in [3.8, 4) is 0 Å². The summed E-state index contributed by atoms with van der Waals surface area (Å²) in [6.07, 6.45) is 5.67. The van der Waals surface area contributed by atoms with Crippen molar-refractivity contribution in [3.05, 3.63) is 24.0 Å². The number of ether oxygens (including phenoxy) is 1. The molecule has 23 heavy (non-hydrogen) atoms. The van der Waals surface area contributed by atoms with Crippen molar-refractivity contribution in [1.82, 2.24) is 10.3 Å². The van der Waals surface area contributed by atoms with Gasteiger partial charge in [-0.25, -0.2) is 4.79 Å². The average Bonchev–Trinajstić information content (AvgIpc) is 2.45. The van der Waals surface area contributed by atoms with Crippen LogP contribution in [0.1, 0.15) is 46.1 Å². The molecule has 1 aliphatic rings. The number of alkyl carbamates (subject to hydrolysis) is 1. The fourth-order valence-corrected chi connectivity index (χ4v) is 3.07. The maximum atomic E-state index is 12.0. The van der Waals surface area contributed by atoms with E-state index in [4.69, 9.17) is 4.74 Å². The monoisotopic (exact) mass is 319 g/mol. The SMILES string of the molecule is Cc1cnccc1N1CCC[C@@H]([C@@H](C)NC(=O)OC(C)(C)C)C1. The van der Waals surface area contributed by atoms with Crippen LogP contribution in [0.3, 0.4) is 0 Å². The summed E-state index contributed by atoms with van der Waals surface area (Å²) in [7, 11) is 0. The highest BCUT2D eigenvalue weighted by molar-refractivity contribution is 5.68. The van der Waals surface area contributed by atoms with E-state index in [-0.39, 0.29) is 12.1 Å². The first kappa shape index (κ1) is 17.6. The van der Waals surface area contributed by atoms with Crippen molar-refractivity contribution in [1.29, 1.82) is 0 Å². The normalized spacial score (nSPS) is 20.0. The third-order valence-corrected chi connectivity index (χ3v) is 4.24. The summed E-state index contributed by atoms with van der Waals surface area (Å²) in [5, 5.41) is 2.99. The van der Waals surface area contributed by atoms with E-state index in [1.807, 2.05) is 33.2 Å². The Balaban J connectivity index is 1.95. The lowest BCUT2D eigenvalue weighted by molar-refractivity contribution is 0.0489. The van der Waals surface area contributed by atoms with Gasteiger partial charge in [0.25, 0.3) is 0 Å². The Hall–Kier alpha value is -1.78. The Kier molecular flexibility index (Phi) is 5.50. The highest BCUT2D eigenvalue weighted by Gasteiger charge is 2.27. The maximum absolute atomic E-state index is 12.0.